The molecule has 0 aliphatic carbocycles. The third-order valence-electron chi connectivity index (χ3n) is 4.09. The molecule has 0 atom stereocenters. The van der Waals surface area contributed by atoms with Crippen LogP contribution in [-0.4, -0.2) is 18.9 Å². The molecule has 0 aliphatic rings. The Morgan fingerprint density at radius 2 is 1.39 bits per heavy atom. The number of nitrogens with one attached hydrogen (secondary N) is 2. The van der Waals surface area contributed by atoms with Crippen LogP contribution in [0.4, 0.5) is 11.4 Å². The van der Waals surface area contributed by atoms with Gasteiger partial charge in [-0.3, -0.25) is 9.59 Å². The molecule has 3 rings (SSSR count). The van der Waals surface area contributed by atoms with Crippen LogP contribution in [0.2, 0.25) is 0 Å². The maximum Gasteiger partial charge on any atom is 0.255 e. The van der Waals surface area contributed by atoms with Crippen LogP contribution in [0.25, 0.3) is 0 Å². The lowest BCUT2D eigenvalue weighted by Gasteiger charge is -2.09. The Labute approximate surface area is 171 Å². The summed E-state index contributed by atoms with van der Waals surface area (Å²) in [6, 6.07) is 19.5. The van der Waals surface area contributed by atoms with Crippen LogP contribution in [0.15, 0.2) is 71.2 Å². The van der Waals surface area contributed by atoms with E-state index in [1.165, 1.54) is 0 Å². The predicted octanol–water partition coefficient (Wildman–Crippen LogP) is 5.27. The third-order valence-corrected chi connectivity index (χ3v) is 4.71. The van der Waals surface area contributed by atoms with Gasteiger partial charge in [0.2, 0.25) is 0 Å². The molecule has 6 heteroatoms. The summed E-state index contributed by atoms with van der Waals surface area (Å²) in [6.07, 6.45) is 0. The smallest absolute Gasteiger partial charge is 0.255 e. The van der Waals surface area contributed by atoms with E-state index in [1.807, 2.05) is 25.1 Å². The van der Waals surface area contributed by atoms with E-state index >= 15 is 0 Å². The van der Waals surface area contributed by atoms with Gasteiger partial charge in [0.1, 0.15) is 5.75 Å². The highest BCUT2D eigenvalue weighted by Crippen LogP contribution is 2.26. The van der Waals surface area contributed by atoms with Crippen LogP contribution < -0.4 is 15.4 Å². The summed E-state index contributed by atoms with van der Waals surface area (Å²) in [5, 5.41) is 5.68. The predicted molar refractivity (Wildman–Crippen MR) is 114 cm³/mol. The second-order valence-electron chi connectivity index (χ2n) is 6.20. The molecule has 0 bridgehead atoms. The van der Waals surface area contributed by atoms with E-state index in [0.29, 0.717) is 32.7 Å². The van der Waals surface area contributed by atoms with E-state index in [4.69, 9.17) is 4.74 Å². The van der Waals surface area contributed by atoms with Crippen LogP contribution in [-0.2, 0) is 0 Å². The Hall–Kier alpha value is -3.12. The molecule has 0 spiro atoms. The van der Waals surface area contributed by atoms with Crippen molar-refractivity contribution in [3.05, 3.63) is 87.9 Å². The summed E-state index contributed by atoms with van der Waals surface area (Å²) in [7, 11) is 1.57. The van der Waals surface area contributed by atoms with Crippen LogP contribution in [0.1, 0.15) is 26.3 Å². The molecule has 28 heavy (non-hydrogen) atoms. The Morgan fingerprint density at radius 3 is 1.89 bits per heavy atom. The van der Waals surface area contributed by atoms with Gasteiger partial charge in [0.15, 0.2) is 0 Å². The first-order valence-corrected chi connectivity index (χ1v) is 9.38. The van der Waals surface area contributed by atoms with E-state index in [1.54, 1.807) is 55.6 Å². The van der Waals surface area contributed by atoms with Crippen LogP contribution >= 0.6 is 15.9 Å². The van der Waals surface area contributed by atoms with E-state index < -0.39 is 0 Å². The number of carbonyl (C=O) groups is 2. The lowest BCUT2D eigenvalue weighted by atomic mass is 10.1. The normalized spacial score (nSPS) is 10.2. The number of hydrogen-bond acceptors (Lipinski definition) is 3. The van der Waals surface area contributed by atoms with Crippen molar-refractivity contribution in [3.63, 3.8) is 0 Å². The van der Waals surface area contributed by atoms with E-state index in [2.05, 4.69) is 26.6 Å². The molecule has 0 fully saturated rings. The summed E-state index contributed by atoms with van der Waals surface area (Å²) in [6.45, 7) is 1.94. The summed E-state index contributed by atoms with van der Waals surface area (Å²) in [5.74, 6) is 0.244. The number of benzene rings is 3. The maximum absolute atomic E-state index is 12.4. The average Bonchev–Trinajstić information content (AvgIpc) is 2.69. The Balaban J connectivity index is 1.65. The molecule has 0 aliphatic heterocycles. The third kappa shape index (κ3) is 4.78. The zero-order valence-corrected chi connectivity index (χ0v) is 17.0. The van der Waals surface area contributed by atoms with Gasteiger partial charge in [-0.1, -0.05) is 17.7 Å². The molecule has 3 aromatic rings. The zero-order chi connectivity index (χ0) is 20.1. The average molecular weight is 439 g/mol. The monoisotopic (exact) mass is 438 g/mol. The van der Waals surface area contributed by atoms with Crippen molar-refractivity contribution in [3.8, 4) is 5.75 Å². The fraction of sp³-hybridized carbons (Fsp3) is 0.0909. The number of ether oxygens (including phenoxy) is 1. The van der Waals surface area contributed by atoms with Gasteiger partial charge < -0.3 is 15.4 Å². The maximum atomic E-state index is 12.4. The highest BCUT2D eigenvalue weighted by molar-refractivity contribution is 9.10. The van der Waals surface area contributed by atoms with Gasteiger partial charge in [-0.25, -0.2) is 0 Å². The Bertz CT molecular complexity index is 1020. The van der Waals surface area contributed by atoms with Gasteiger partial charge in [-0.2, -0.15) is 0 Å². The number of aryl methyl sites for hydroxylation is 1. The number of methoxy groups -OCH3 is 1. The first kappa shape index (κ1) is 19.6. The lowest BCUT2D eigenvalue weighted by Crippen LogP contribution is -2.13. The number of amides is 2. The van der Waals surface area contributed by atoms with Gasteiger partial charge in [-0.15, -0.1) is 0 Å². The molecule has 0 unspecified atom stereocenters. The van der Waals surface area contributed by atoms with Gasteiger partial charge >= 0.3 is 0 Å². The minimum Gasteiger partial charge on any atom is -0.496 e. The number of rotatable bonds is 5. The first-order chi connectivity index (χ1) is 13.5. The molecular weight excluding hydrogens is 420 g/mol. The Kier molecular flexibility index (Phi) is 6.11. The molecule has 0 heterocycles. The van der Waals surface area contributed by atoms with Crippen molar-refractivity contribution in [1.29, 1.82) is 0 Å². The second-order valence-corrected chi connectivity index (χ2v) is 7.06. The van der Waals surface area contributed by atoms with Crippen molar-refractivity contribution in [2.75, 3.05) is 17.7 Å². The van der Waals surface area contributed by atoms with Crippen LogP contribution in [0.5, 0.6) is 5.75 Å². The van der Waals surface area contributed by atoms with Crippen molar-refractivity contribution in [2.24, 2.45) is 0 Å². The number of anilines is 2. The molecule has 0 aromatic heterocycles. The molecule has 0 saturated heterocycles. The van der Waals surface area contributed by atoms with E-state index in [0.717, 1.165) is 5.56 Å². The van der Waals surface area contributed by atoms with Crippen molar-refractivity contribution in [1.82, 2.24) is 0 Å². The lowest BCUT2D eigenvalue weighted by molar-refractivity contribution is 0.101. The minimum atomic E-state index is -0.236. The van der Waals surface area contributed by atoms with Crippen LogP contribution in [0, 0.1) is 6.92 Å². The molecular formula is C22H19BrN2O3. The number of halogens is 1. The van der Waals surface area contributed by atoms with Crippen LogP contribution in [0.3, 0.4) is 0 Å². The van der Waals surface area contributed by atoms with Crippen molar-refractivity contribution in [2.45, 2.75) is 6.92 Å². The molecule has 3 aromatic carbocycles. The molecule has 0 radical (unpaired) electrons. The second kappa shape index (κ2) is 8.71. The molecule has 2 amide bonds. The Morgan fingerprint density at radius 1 is 0.821 bits per heavy atom. The first-order valence-electron chi connectivity index (χ1n) is 8.59. The van der Waals surface area contributed by atoms with Gasteiger partial charge in [0.25, 0.3) is 11.8 Å². The van der Waals surface area contributed by atoms with E-state index in [9.17, 15) is 9.59 Å². The minimum absolute atomic E-state index is 0.177. The molecule has 0 saturated carbocycles. The summed E-state index contributed by atoms with van der Waals surface area (Å²) in [5.41, 5.74) is 3.41. The summed E-state index contributed by atoms with van der Waals surface area (Å²) in [4.78, 5) is 24.7. The largest absolute Gasteiger partial charge is 0.496 e. The van der Waals surface area contributed by atoms with Crippen molar-refractivity contribution < 1.29 is 14.3 Å². The SMILES string of the molecule is COc1ccc(C(=O)Nc2ccc(NC(=O)c3cccc(C)c3)cc2)cc1Br. The van der Waals surface area contributed by atoms with E-state index in [-0.39, 0.29) is 11.8 Å². The van der Waals surface area contributed by atoms with Gasteiger partial charge in [-0.05, 0) is 77.5 Å². The fourth-order valence-electron chi connectivity index (χ4n) is 2.64. The highest BCUT2D eigenvalue weighted by Gasteiger charge is 2.10. The fourth-order valence-corrected chi connectivity index (χ4v) is 3.18. The number of hydrogen-bond donors (Lipinski definition) is 2. The summed E-state index contributed by atoms with van der Waals surface area (Å²) >= 11 is 3.37. The van der Waals surface area contributed by atoms with Gasteiger partial charge in [0.05, 0.1) is 11.6 Å². The van der Waals surface area contributed by atoms with Crippen molar-refractivity contribution >= 4 is 39.1 Å². The highest BCUT2D eigenvalue weighted by atomic mass is 79.9. The summed E-state index contributed by atoms with van der Waals surface area (Å²) < 4.78 is 5.87. The standard InChI is InChI=1S/C22H19BrN2O3/c1-14-4-3-5-15(12-14)21(26)24-17-7-9-18(10-8-17)25-22(27)16-6-11-20(28-2)19(23)13-16/h3-13H,1-2H3,(H,24,26)(H,25,27). The molecule has 5 nitrogen and oxygen atoms in total. The quantitative estimate of drug-likeness (QED) is 0.569. The topological polar surface area (TPSA) is 67.4 Å². The number of carbonyl (C=O) groups excluding carboxylic acids is 2. The molecule has 142 valence electrons. The van der Waals surface area contributed by atoms with Gasteiger partial charge in [0, 0.05) is 22.5 Å². The zero-order valence-electron chi connectivity index (χ0n) is 15.5. The molecule has 2 N–H and O–H groups in total.